The molecule has 0 spiro atoms. The van der Waals surface area contributed by atoms with Crippen molar-refractivity contribution in [3.05, 3.63) is 20.3 Å². The molecular formula is C12H13Cl2NO5S. The average molecular weight is 354 g/mol. The van der Waals surface area contributed by atoms with E-state index in [9.17, 15) is 14.4 Å². The van der Waals surface area contributed by atoms with Gasteiger partial charge >= 0.3 is 11.9 Å². The molecule has 1 heterocycles. The molecule has 0 fully saturated rings. The predicted octanol–water partition coefficient (Wildman–Crippen LogP) is 2.28. The Balaban J connectivity index is 2.73. The summed E-state index contributed by atoms with van der Waals surface area (Å²) in [6.45, 7) is 0. The van der Waals surface area contributed by atoms with Crippen LogP contribution in [0, 0.1) is 0 Å². The molecule has 0 radical (unpaired) electrons. The molecule has 21 heavy (non-hydrogen) atoms. The number of amides is 1. The lowest BCUT2D eigenvalue weighted by molar-refractivity contribution is -0.144. The van der Waals surface area contributed by atoms with Crippen molar-refractivity contribution in [3.8, 4) is 0 Å². The van der Waals surface area contributed by atoms with Crippen LogP contribution in [0.1, 0.15) is 22.5 Å². The summed E-state index contributed by atoms with van der Waals surface area (Å²) >= 11 is 12.5. The molecule has 0 saturated carbocycles. The highest BCUT2D eigenvalue weighted by Gasteiger charge is 2.24. The molecule has 1 rings (SSSR count). The standard InChI is InChI=1S/C12H13Cl2NO5S/c1-19-9(16)4-3-7(12(18)20-2)15-11(17)8-5-6(13)10(14)21-8/h5,7H,3-4H2,1-2H3,(H,15,17)/t7-/m0/s1. The average Bonchev–Trinajstić information content (AvgIpc) is 2.81. The van der Waals surface area contributed by atoms with E-state index >= 15 is 0 Å². The number of esters is 2. The van der Waals surface area contributed by atoms with Crippen molar-refractivity contribution in [2.45, 2.75) is 18.9 Å². The van der Waals surface area contributed by atoms with Crippen molar-refractivity contribution < 1.29 is 23.9 Å². The van der Waals surface area contributed by atoms with Crippen LogP contribution >= 0.6 is 34.5 Å². The molecule has 0 saturated heterocycles. The van der Waals surface area contributed by atoms with Crippen molar-refractivity contribution >= 4 is 52.4 Å². The number of ether oxygens (including phenoxy) is 2. The van der Waals surface area contributed by atoms with Gasteiger partial charge in [0.05, 0.1) is 24.1 Å². The molecule has 0 aromatic carbocycles. The maximum Gasteiger partial charge on any atom is 0.328 e. The van der Waals surface area contributed by atoms with Crippen LogP contribution < -0.4 is 5.32 Å². The number of hydrogen-bond donors (Lipinski definition) is 1. The van der Waals surface area contributed by atoms with Crippen LogP contribution in [0.15, 0.2) is 6.07 Å². The minimum Gasteiger partial charge on any atom is -0.469 e. The Morgan fingerprint density at radius 1 is 1.29 bits per heavy atom. The van der Waals surface area contributed by atoms with Gasteiger partial charge < -0.3 is 14.8 Å². The molecule has 1 amide bonds. The van der Waals surface area contributed by atoms with Gasteiger partial charge in [-0.15, -0.1) is 11.3 Å². The summed E-state index contributed by atoms with van der Waals surface area (Å²) < 4.78 is 9.36. The molecule has 1 aromatic rings. The van der Waals surface area contributed by atoms with Gasteiger partial charge in [-0.3, -0.25) is 9.59 Å². The molecule has 1 N–H and O–H groups in total. The van der Waals surface area contributed by atoms with Crippen molar-refractivity contribution in [2.24, 2.45) is 0 Å². The third kappa shape index (κ3) is 5.18. The highest BCUT2D eigenvalue weighted by molar-refractivity contribution is 7.18. The zero-order valence-corrected chi connectivity index (χ0v) is 13.6. The molecule has 116 valence electrons. The third-order valence-electron chi connectivity index (χ3n) is 2.52. The highest BCUT2D eigenvalue weighted by atomic mass is 35.5. The van der Waals surface area contributed by atoms with Gasteiger partial charge in [-0.1, -0.05) is 23.2 Å². The minimum absolute atomic E-state index is 0.0253. The van der Waals surface area contributed by atoms with E-state index in [4.69, 9.17) is 23.2 Å². The molecule has 0 bridgehead atoms. The molecule has 6 nitrogen and oxygen atoms in total. The number of thiophene rings is 1. The van der Waals surface area contributed by atoms with Gasteiger partial charge in [0.1, 0.15) is 10.4 Å². The number of nitrogens with one attached hydrogen (secondary N) is 1. The number of rotatable bonds is 6. The normalized spacial score (nSPS) is 11.6. The largest absolute Gasteiger partial charge is 0.469 e. The molecule has 9 heteroatoms. The smallest absolute Gasteiger partial charge is 0.328 e. The molecule has 0 unspecified atom stereocenters. The fraction of sp³-hybridized carbons (Fsp3) is 0.417. The molecule has 0 aliphatic carbocycles. The quantitative estimate of drug-likeness (QED) is 0.793. The summed E-state index contributed by atoms with van der Waals surface area (Å²) in [5, 5.41) is 2.74. The first-order valence-electron chi connectivity index (χ1n) is 5.79. The van der Waals surface area contributed by atoms with Crippen molar-refractivity contribution in [3.63, 3.8) is 0 Å². The Labute approximate surface area is 135 Å². The van der Waals surface area contributed by atoms with Gasteiger partial charge in [-0.2, -0.15) is 0 Å². The molecule has 1 aromatic heterocycles. The van der Waals surface area contributed by atoms with E-state index in [1.54, 1.807) is 0 Å². The van der Waals surface area contributed by atoms with E-state index in [2.05, 4.69) is 14.8 Å². The van der Waals surface area contributed by atoms with Crippen molar-refractivity contribution in [1.29, 1.82) is 0 Å². The van der Waals surface area contributed by atoms with Gasteiger partial charge in [0.2, 0.25) is 0 Å². The number of carbonyl (C=O) groups is 3. The lowest BCUT2D eigenvalue weighted by atomic mass is 10.1. The zero-order chi connectivity index (χ0) is 16.0. The van der Waals surface area contributed by atoms with Gasteiger partial charge in [0, 0.05) is 6.42 Å². The number of halogens is 2. The fourth-order valence-electron chi connectivity index (χ4n) is 1.44. The minimum atomic E-state index is -0.957. The first kappa shape index (κ1) is 17.7. The van der Waals surface area contributed by atoms with Crippen molar-refractivity contribution in [1.82, 2.24) is 5.32 Å². The Morgan fingerprint density at radius 3 is 2.43 bits per heavy atom. The Morgan fingerprint density at radius 2 is 1.95 bits per heavy atom. The summed E-state index contributed by atoms with van der Waals surface area (Å²) in [6.07, 6.45) is 0.0421. The van der Waals surface area contributed by atoms with Gasteiger partial charge in [-0.05, 0) is 12.5 Å². The van der Waals surface area contributed by atoms with Crippen LogP contribution in [-0.4, -0.2) is 38.1 Å². The second-order valence-corrected chi connectivity index (χ2v) is 5.96. The van der Waals surface area contributed by atoms with E-state index in [1.165, 1.54) is 20.3 Å². The van der Waals surface area contributed by atoms with Crippen LogP contribution in [0.3, 0.4) is 0 Å². The zero-order valence-electron chi connectivity index (χ0n) is 11.3. The van der Waals surface area contributed by atoms with Crippen LogP contribution in [0.5, 0.6) is 0 Å². The number of methoxy groups -OCH3 is 2. The maximum absolute atomic E-state index is 12.0. The van der Waals surface area contributed by atoms with Crippen LogP contribution in [0.25, 0.3) is 0 Å². The van der Waals surface area contributed by atoms with Crippen LogP contribution in [0.4, 0.5) is 0 Å². The fourth-order valence-corrected chi connectivity index (χ4v) is 2.71. The second kappa shape index (κ2) is 8.21. The van der Waals surface area contributed by atoms with E-state index in [1.807, 2.05) is 0 Å². The van der Waals surface area contributed by atoms with Crippen molar-refractivity contribution in [2.75, 3.05) is 14.2 Å². The molecule has 0 aliphatic rings. The SMILES string of the molecule is COC(=O)CC[C@H](NC(=O)c1cc(Cl)c(Cl)s1)C(=O)OC. The summed E-state index contributed by atoms with van der Waals surface area (Å²) in [7, 11) is 2.43. The van der Waals surface area contributed by atoms with Crippen LogP contribution in [-0.2, 0) is 19.1 Å². The Hall–Kier alpha value is -1.31. The summed E-state index contributed by atoms with van der Waals surface area (Å²) in [4.78, 5) is 35.0. The summed E-state index contributed by atoms with van der Waals surface area (Å²) in [5.41, 5.74) is 0. The second-order valence-electron chi connectivity index (χ2n) is 3.90. The molecular weight excluding hydrogens is 341 g/mol. The van der Waals surface area contributed by atoms with E-state index in [0.717, 1.165) is 11.3 Å². The topological polar surface area (TPSA) is 81.7 Å². The lowest BCUT2D eigenvalue weighted by Crippen LogP contribution is -2.41. The first-order chi connectivity index (χ1) is 9.88. The molecule has 1 atom stereocenters. The van der Waals surface area contributed by atoms with Gasteiger partial charge in [0.15, 0.2) is 0 Å². The van der Waals surface area contributed by atoms with Crippen LogP contribution in [0.2, 0.25) is 9.36 Å². The first-order valence-corrected chi connectivity index (χ1v) is 7.36. The van der Waals surface area contributed by atoms with Gasteiger partial charge in [-0.25, -0.2) is 4.79 Å². The number of carbonyl (C=O) groups excluding carboxylic acids is 3. The Kier molecular flexibility index (Phi) is 6.94. The third-order valence-corrected chi connectivity index (χ3v) is 4.39. The number of hydrogen-bond acceptors (Lipinski definition) is 6. The van der Waals surface area contributed by atoms with Gasteiger partial charge in [0.25, 0.3) is 5.91 Å². The maximum atomic E-state index is 12.0. The summed E-state index contributed by atoms with van der Waals surface area (Å²) in [5.74, 6) is -1.66. The highest BCUT2D eigenvalue weighted by Crippen LogP contribution is 2.31. The Bertz CT molecular complexity index is 526. The monoisotopic (exact) mass is 353 g/mol. The van der Waals surface area contributed by atoms with E-state index < -0.39 is 23.9 Å². The van der Waals surface area contributed by atoms with E-state index in [0.29, 0.717) is 0 Å². The predicted molar refractivity (Wildman–Crippen MR) is 78.9 cm³/mol. The van der Waals surface area contributed by atoms with E-state index in [-0.39, 0.29) is 27.1 Å². The molecule has 0 aliphatic heterocycles. The summed E-state index contributed by atoms with van der Waals surface area (Å²) in [6, 6.07) is 0.444. The lowest BCUT2D eigenvalue weighted by Gasteiger charge is -2.15.